The lowest BCUT2D eigenvalue weighted by atomic mass is 10.2. The molecule has 0 unspecified atom stereocenters. The Morgan fingerprint density at radius 3 is 2.79 bits per heavy atom. The zero-order valence-corrected chi connectivity index (χ0v) is 15.7. The average molecular weight is 382 g/mol. The van der Waals surface area contributed by atoms with Crippen LogP contribution in [0, 0.1) is 11.3 Å². The quantitative estimate of drug-likeness (QED) is 0.463. The van der Waals surface area contributed by atoms with Crippen molar-refractivity contribution in [1.29, 1.82) is 5.26 Å². The molecule has 2 aromatic rings. The van der Waals surface area contributed by atoms with E-state index in [1.54, 1.807) is 24.3 Å². The van der Waals surface area contributed by atoms with Gasteiger partial charge in [-0.05, 0) is 31.2 Å². The monoisotopic (exact) mass is 382 g/mol. The van der Waals surface area contributed by atoms with Gasteiger partial charge in [0, 0.05) is 18.2 Å². The highest BCUT2D eigenvalue weighted by molar-refractivity contribution is 5.89. The fourth-order valence-electron chi connectivity index (χ4n) is 2.40. The van der Waals surface area contributed by atoms with Crippen LogP contribution in [0.2, 0.25) is 0 Å². The topological polar surface area (TPSA) is 92.8 Å². The highest BCUT2D eigenvalue weighted by Crippen LogP contribution is 2.19. The SMILES string of the molecule is CCOc1ccccc1/C=C/C(=O)OCC(=O)N(CCC#N)Cc1ccco1. The Morgan fingerprint density at radius 2 is 2.07 bits per heavy atom. The van der Waals surface area contributed by atoms with Gasteiger partial charge in [0.25, 0.3) is 5.91 Å². The van der Waals surface area contributed by atoms with E-state index in [9.17, 15) is 9.59 Å². The maximum absolute atomic E-state index is 12.3. The van der Waals surface area contributed by atoms with Crippen LogP contribution < -0.4 is 4.74 Å². The molecule has 7 heteroatoms. The summed E-state index contributed by atoms with van der Waals surface area (Å²) in [5.74, 6) is 0.206. The van der Waals surface area contributed by atoms with Crippen LogP contribution in [-0.2, 0) is 20.9 Å². The fourth-order valence-corrected chi connectivity index (χ4v) is 2.40. The maximum atomic E-state index is 12.3. The molecule has 0 aliphatic carbocycles. The van der Waals surface area contributed by atoms with E-state index in [1.165, 1.54) is 17.2 Å². The number of carbonyl (C=O) groups is 2. The molecule has 0 radical (unpaired) electrons. The highest BCUT2D eigenvalue weighted by atomic mass is 16.5. The average Bonchev–Trinajstić information content (AvgIpc) is 3.22. The van der Waals surface area contributed by atoms with Crippen molar-refractivity contribution < 1.29 is 23.5 Å². The summed E-state index contributed by atoms with van der Waals surface area (Å²) in [5, 5.41) is 8.76. The molecular weight excluding hydrogens is 360 g/mol. The molecule has 1 heterocycles. The van der Waals surface area contributed by atoms with Crippen LogP contribution in [0.1, 0.15) is 24.7 Å². The standard InChI is InChI=1S/C21H22N2O5/c1-2-26-19-9-4-3-7-17(19)10-11-21(25)28-16-20(24)23(13-6-12-22)15-18-8-5-14-27-18/h3-5,7-11,14H,2,6,13,15-16H2,1H3/b11-10+. The molecular formula is C21H22N2O5. The van der Waals surface area contributed by atoms with Crippen molar-refractivity contribution in [1.82, 2.24) is 4.90 Å². The molecule has 0 saturated heterocycles. The molecule has 2 rings (SSSR count). The first-order valence-corrected chi connectivity index (χ1v) is 8.87. The second-order valence-corrected chi connectivity index (χ2v) is 5.71. The lowest BCUT2D eigenvalue weighted by Gasteiger charge is -2.20. The summed E-state index contributed by atoms with van der Waals surface area (Å²) in [4.78, 5) is 25.7. The van der Waals surface area contributed by atoms with Gasteiger partial charge in [0.15, 0.2) is 6.61 Å². The van der Waals surface area contributed by atoms with Gasteiger partial charge in [-0.1, -0.05) is 18.2 Å². The number of benzene rings is 1. The number of furan rings is 1. The number of esters is 1. The minimum absolute atomic E-state index is 0.175. The van der Waals surface area contributed by atoms with Crippen molar-refractivity contribution in [2.24, 2.45) is 0 Å². The van der Waals surface area contributed by atoms with E-state index in [1.807, 2.05) is 31.2 Å². The Bertz CT molecular complexity index is 837. The van der Waals surface area contributed by atoms with Crippen LogP contribution in [0.4, 0.5) is 0 Å². The second kappa shape index (κ2) is 11.2. The largest absolute Gasteiger partial charge is 0.493 e. The number of nitriles is 1. The number of ether oxygens (including phenoxy) is 2. The third-order valence-electron chi connectivity index (χ3n) is 3.73. The van der Waals surface area contributed by atoms with Crippen molar-refractivity contribution in [2.75, 3.05) is 19.8 Å². The number of para-hydroxylation sites is 1. The summed E-state index contributed by atoms with van der Waals surface area (Å²) in [6, 6.07) is 12.7. The number of hydrogen-bond acceptors (Lipinski definition) is 6. The Labute approximate surface area is 163 Å². The number of carbonyl (C=O) groups excluding carboxylic acids is 2. The summed E-state index contributed by atoms with van der Waals surface area (Å²) in [6.45, 7) is 2.41. The van der Waals surface area contributed by atoms with Gasteiger partial charge in [-0.3, -0.25) is 4.79 Å². The predicted molar refractivity (Wildman–Crippen MR) is 102 cm³/mol. The molecule has 7 nitrogen and oxygen atoms in total. The van der Waals surface area contributed by atoms with Crippen LogP contribution >= 0.6 is 0 Å². The van der Waals surface area contributed by atoms with Crippen molar-refractivity contribution in [3.8, 4) is 11.8 Å². The van der Waals surface area contributed by atoms with E-state index in [0.717, 1.165) is 5.56 Å². The van der Waals surface area contributed by atoms with Crippen molar-refractivity contribution in [3.63, 3.8) is 0 Å². The van der Waals surface area contributed by atoms with E-state index in [4.69, 9.17) is 19.2 Å². The zero-order valence-electron chi connectivity index (χ0n) is 15.7. The maximum Gasteiger partial charge on any atom is 0.331 e. The molecule has 1 aromatic carbocycles. The Balaban J connectivity index is 1.90. The summed E-state index contributed by atoms with van der Waals surface area (Å²) >= 11 is 0. The number of rotatable bonds is 10. The van der Waals surface area contributed by atoms with Gasteiger partial charge in [0.2, 0.25) is 0 Å². The predicted octanol–water partition coefficient (Wildman–Crippen LogP) is 3.18. The lowest BCUT2D eigenvalue weighted by molar-refractivity contribution is -0.148. The van der Waals surface area contributed by atoms with E-state index < -0.39 is 18.5 Å². The van der Waals surface area contributed by atoms with E-state index in [2.05, 4.69) is 0 Å². The first kappa shape index (κ1) is 20.8. The minimum Gasteiger partial charge on any atom is -0.493 e. The van der Waals surface area contributed by atoms with Crippen molar-refractivity contribution in [3.05, 3.63) is 60.1 Å². The molecule has 0 fully saturated rings. The fraction of sp³-hybridized carbons (Fsp3) is 0.286. The molecule has 0 atom stereocenters. The molecule has 1 aromatic heterocycles. The summed E-state index contributed by atoms with van der Waals surface area (Å²) < 4.78 is 15.8. The molecule has 0 N–H and O–H groups in total. The second-order valence-electron chi connectivity index (χ2n) is 5.71. The van der Waals surface area contributed by atoms with E-state index >= 15 is 0 Å². The Kier molecular flexibility index (Phi) is 8.34. The molecule has 28 heavy (non-hydrogen) atoms. The van der Waals surface area contributed by atoms with Crippen LogP contribution in [0.25, 0.3) is 6.08 Å². The normalized spacial score (nSPS) is 10.4. The third-order valence-corrected chi connectivity index (χ3v) is 3.73. The number of hydrogen-bond donors (Lipinski definition) is 0. The van der Waals surface area contributed by atoms with Gasteiger partial charge in [-0.15, -0.1) is 0 Å². The first-order chi connectivity index (χ1) is 13.6. The summed E-state index contributed by atoms with van der Waals surface area (Å²) in [7, 11) is 0. The molecule has 0 aliphatic heterocycles. The van der Waals surface area contributed by atoms with Gasteiger partial charge in [0.05, 0.1) is 31.9 Å². The molecule has 1 amide bonds. The zero-order chi connectivity index (χ0) is 20.2. The first-order valence-electron chi connectivity index (χ1n) is 8.87. The number of nitrogens with zero attached hydrogens (tertiary/aromatic N) is 2. The van der Waals surface area contributed by atoms with Crippen molar-refractivity contribution in [2.45, 2.75) is 19.9 Å². The van der Waals surface area contributed by atoms with Crippen LogP contribution in [0.3, 0.4) is 0 Å². The van der Waals surface area contributed by atoms with Gasteiger partial charge in [-0.2, -0.15) is 5.26 Å². The molecule has 0 bridgehead atoms. The van der Waals surface area contributed by atoms with Crippen LogP contribution in [0.5, 0.6) is 5.75 Å². The lowest BCUT2D eigenvalue weighted by Crippen LogP contribution is -2.34. The third kappa shape index (κ3) is 6.65. The summed E-state index contributed by atoms with van der Waals surface area (Å²) in [5.41, 5.74) is 0.737. The molecule has 0 aliphatic rings. The molecule has 0 saturated carbocycles. The Hall–Kier alpha value is -3.53. The molecule has 0 spiro atoms. The highest BCUT2D eigenvalue weighted by Gasteiger charge is 2.16. The van der Waals surface area contributed by atoms with E-state index in [0.29, 0.717) is 18.1 Å². The Morgan fingerprint density at radius 1 is 1.25 bits per heavy atom. The van der Waals surface area contributed by atoms with Crippen LogP contribution in [0.15, 0.2) is 53.2 Å². The van der Waals surface area contributed by atoms with E-state index in [-0.39, 0.29) is 19.5 Å². The van der Waals surface area contributed by atoms with Gasteiger partial charge >= 0.3 is 5.97 Å². The number of amides is 1. The van der Waals surface area contributed by atoms with Gasteiger partial charge < -0.3 is 18.8 Å². The smallest absolute Gasteiger partial charge is 0.331 e. The molecule has 146 valence electrons. The van der Waals surface area contributed by atoms with Gasteiger partial charge in [-0.25, -0.2) is 4.79 Å². The van der Waals surface area contributed by atoms with Gasteiger partial charge in [0.1, 0.15) is 11.5 Å². The van der Waals surface area contributed by atoms with Crippen LogP contribution in [-0.4, -0.2) is 36.5 Å². The minimum atomic E-state index is -0.641. The summed E-state index contributed by atoms with van der Waals surface area (Å²) in [6.07, 6.45) is 4.51. The van der Waals surface area contributed by atoms with Crippen molar-refractivity contribution >= 4 is 18.0 Å².